The first-order valence-corrected chi connectivity index (χ1v) is 11.0. The van der Waals surface area contributed by atoms with Crippen LogP contribution in [-0.4, -0.2) is 35.4 Å². The number of ether oxygens (including phenoxy) is 1. The molecular weight excluding hydrogens is 386 g/mol. The topological polar surface area (TPSA) is 78.8 Å². The van der Waals surface area contributed by atoms with Gasteiger partial charge in [-0.3, -0.25) is 4.79 Å². The number of carbonyl (C=O) groups is 1. The number of rotatable bonds is 7. The van der Waals surface area contributed by atoms with Crippen molar-refractivity contribution in [1.82, 2.24) is 5.32 Å². The zero-order valence-corrected chi connectivity index (χ0v) is 18.2. The van der Waals surface area contributed by atoms with Crippen LogP contribution in [0.15, 0.2) is 18.2 Å². The highest BCUT2D eigenvalue weighted by Crippen LogP contribution is 2.71. The van der Waals surface area contributed by atoms with Crippen molar-refractivity contribution in [2.24, 2.45) is 11.3 Å². The molecular formula is C23H29NO4S. The Labute approximate surface area is 175 Å². The van der Waals surface area contributed by atoms with Crippen molar-refractivity contribution in [2.75, 3.05) is 13.2 Å². The van der Waals surface area contributed by atoms with Gasteiger partial charge in [0, 0.05) is 11.4 Å². The monoisotopic (exact) mass is 415 g/mol. The Hall–Kier alpha value is -1.89. The van der Waals surface area contributed by atoms with Crippen molar-refractivity contribution in [1.29, 1.82) is 0 Å². The van der Waals surface area contributed by atoms with Gasteiger partial charge in [-0.2, -0.15) is 0 Å². The molecule has 156 valence electrons. The van der Waals surface area contributed by atoms with Crippen molar-refractivity contribution in [3.63, 3.8) is 0 Å². The number of amides is 1. The molecule has 1 aromatic heterocycles. The number of benzene rings is 1. The predicted octanol–water partition coefficient (Wildman–Crippen LogP) is 3.32. The van der Waals surface area contributed by atoms with E-state index in [4.69, 9.17) is 9.84 Å². The van der Waals surface area contributed by atoms with Gasteiger partial charge < -0.3 is 20.3 Å². The molecule has 4 rings (SSSR count). The molecule has 1 aromatic carbocycles. The maximum Gasteiger partial charge on any atom is 0.261 e. The molecule has 0 unspecified atom stereocenters. The van der Waals surface area contributed by atoms with E-state index in [1.54, 1.807) is 11.3 Å². The standard InChI is InChI=1S/C23H29NO4S/c1-12-7-14(5-6-18(12)28-11-15(26)10-25)9-24-22(27)21-16-8-17-20(23(17,3)4)19(16)13(2)29-21/h5-7,15,17,20,25-26H,8-11H2,1-4H3,(H,24,27)/t15-,17+,20+/m0/s1. The molecule has 0 radical (unpaired) electrons. The Morgan fingerprint density at radius 3 is 2.83 bits per heavy atom. The molecule has 3 atom stereocenters. The van der Waals surface area contributed by atoms with Gasteiger partial charge in [-0.25, -0.2) is 0 Å². The molecule has 2 aliphatic rings. The molecule has 2 aliphatic carbocycles. The molecule has 0 saturated heterocycles. The Morgan fingerprint density at radius 1 is 1.38 bits per heavy atom. The lowest BCUT2D eigenvalue weighted by Crippen LogP contribution is -2.23. The third-order valence-electron chi connectivity index (χ3n) is 6.56. The fourth-order valence-corrected chi connectivity index (χ4v) is 5.95. The van der Waals surface area contributed by atoms with Gasteiger partial charge in [-0.15, -0.1) is 11.3 Å². The second-order valence-corrected chi connectivity index (χ2v) is 10.1. The number of aryl methyl sites for hydroxylation is 2. The molecule has 0 aliphatic heterocycles. The summed E-state index contributed by atoms with van der Waals surface area (Å²) in [5.74, 6) is 2.02. The summed E-state index contributed by atoms with van der Waals surface area (Å²) >= 11 is 1.63. The minimum absolute atomic E-state index is 0.0162. The second kappa shape index (κ2) is 7.42. The van der Waals surface area contributed by atoms with Crippen molar-refractivity contribution < 1.29 is 19.7 Å². The van der Waals surface area contributed by atoms with Crippen LogP contribution in [0.1, 0.15) is 56.6 Å². The normalized spacial score (nSPS) is 22.0. The number of hydrogen-bond acceptors (Lipinski definition) is 5. The van der Waals surface area contributed by atoms with Crippen LogP contribution in [0.5, 0.6) is 5.75 Å². The van der Waals surface area contributed by atoms with Crippen LogP contribution in [0.3, 0.4) is 0 Å². The number of aliphatic hydroxyl groups excluding tert-OH is 2. The fraction of sp³-hybridized carbons (Fsp3) is 0.522. The molecule has 5 nitrogen and oxygen atoms in total. The summed E-state index contributed by atoms with van der Waals surface area (Å²) in [6, 6.07) is 5.72. The summed E-state index contributed by atoms with van der Waals surface area (Å²) in [6.45, 7) is 8.93. The minimum Gasteiger partial charge on any atom is -0.491 e. The maximum atomic E-state index is 12.9. The minimum atomic E-state index is -0.888. The molecule has 6 heteroatoms. The summed E-state index contributed by atoms with van der Waals surface area (Å²) < 4.78 is 5.53. The van der Waals surface area contributed by atoms with Crippen LogP contribution in [0.25, 0.3) is 0 Å². The van der Waals surface area contributed by atoms with Gasteiger partial charge in [0.2, 0.25) is 0 Å². The van der Waals surface area contributed by atoms with Gasteiger partial charge in [0.15, 0.2) is 0 Å². The van der Waals surface area contributed by atoms with Crippen molar-refractivity contribution in [3.05, 3.63) is 50.2 Å². The lowest BCUT2D eigenvalue weighted by atomic mass is 9.95. The van der Waals surface area contributed by atoms with E-state index in [0.29, 0.717) is 29.5 Å². The highest BCUT2D eigenvalue weighted by atomic mass is 32.1. The highest BCUT2D eigenvalue weighted by Gasteiger charge is 2.63. The van der Waals surface area contributed by atoms with Crippen LogP contribution in [-0.2, 0) is 13.0 Å². The smallest absolute Gasteiger partial charge is 0.261 e. The maximum absolute atomic E-state index is 12.9. The van der Waals surface area contributed by atoms with E-state index in [2.05, 4.69) is 26.1 Å². The van der Waals surface area contributed by atoms with Crippen LogP contribution in [0, 0.1) is 25.2 Å². The third-order valence-corrected chi connectivity index (χ3v) is 7.72. The van der Waals surface area contributed by atoms with Crippen molar-refractivity contribution >= 4 is 17.2 Å². The van der Waals surface area contributed by atoms with Gasteiger partial charge in [0.25, 0.3) is 5.91 Å². The number of fused-ring (bicyclic) bond motifs is 3. The molecule has 1 saturated carbocycles. The number of aliphatic hydroxyl groups is 2. The largest absolute Gasteiger partial charge is 0.491 e. The predicted molar refractivity (Wildman–Crippen MR) is 114 cm³/mol. The zero-order chi connectivity index (χ0) is 20.9. The zero-order valence-electron chi connectivity index (χ0n) is 17.4. The van der Waals surface area contributed by atoms with E-state index in [1.165, 1.54) is 16.0 Å². The van der Waals surface area contributed by atoms with Crippen LogP contribution in [0.2, 0.25) is 0 Å². The Morgan fingerprint density at radius 2 is 2.14 bits per heavy atom. The van der Waals surface area contributed by atoms with Gasteiger partial charge in [-0.1, -0.05) is 26.0 Å². The first kappa shape index (κ1) is 20.4. The van der Waals surface area contributed by atoms with Crippen LogP contribution >= 0.6 is 11.3 Å². The van der Waals surface area contributed by atoms with Crippen molar-refractivity contribution in [3.8, 4) is 5.75 Å². The second-order valence-electron chi connectivity index (χ2n) is 8.92. The van der Waals surface area contributed by atoms with Crippen molar-refractivity contribution in [2.45, 2.75) is 52.7 Å². The molecule has 29 heavy (non-hydrogen) atoms. The first-order valence-electron chi connectivity index (χ1n) is 10.2. The SMILES string of the molecule is Cc1cc(CNC(=O)c2sc(C)c3c2C[C@@H]2[C@H]3C2(C)C)ccc1OC[C@@H](O)CO. The highest BCUT2D eigenvalue weighted by molar-refractivity contribution is 7.14. The molecule has 1 fully saturated rings. The molecule has 0 spiro atoms. The number of carbonyl (C=O) groups excluding carboxylic acids is 1. The Bertz CT molecular complexity index is 949. The van der Waals surface area contributed by atoms with Crippen LogP contribution in [0.4, 0.5) is 0 Å². The van der Waals surface area contributed by atoms with Gasteiger partial charge >= 0.3 is 0 Å². The average molecular weight is 416 g/mol. The summed E-state index contributed by atoms with van der Waals surface area (Å²) in [5, 5.41) is 21.4. The summed E-state index contributed by atoms with van der Waals surface area (Å²) in [5.41, 5.74) is 5.04. The third kappa shape index (κ3) is 3.58. The quantitative estimate of drug-likeness (QED) is 0.648. The number of hydrogen-bond donors (Lipinski definition) is 3. The Balaban J connectivity index is 1.39. The lowest BCUT2D eigenvalue weighted by molar-refractivity contribution is 0.0534. The van der Waals surface area contributed by atoms with E-state index in [-0.39, 0.29) is 19.1 Å². The summed E-state index contributed by atoms with van der Waals surface area (Å²) in [6.07, 6.45) is 0.145. The summed E-state index contributed by atoms with van der Waals surface area (Å²) in [7, 11) is 0. The van der Waals surface area contributed by atoms with Crippen LogP contribution < -0.4 is 10.1 Å². The number of thiophene rings is 1. The van der Waals surface area contributed by atoms with E-state index >= 15 is 0 Å². The van der Waals surface area contributed by atoms with E-state index in [9.17, 15) is 9.90 Å². The van der Waals surface area contributed by atoms with E-state index in [0.717, 1.165) is 22.4 Å². The van der Waals surface area contributed by atoms with Gasteiger partial charge in [0.1, 0.15) is 18.5 Å². The van der Waals surface area contributed by atoms with Gasteiger partial charge in [0.05, 0.1) is 11.5 Å². The lowest BCUT2D eigenvalue weighted by Gasteiger charge is -2.13. The fourth-order valence-electron chi connectivity index (χ4n) is 4.80. The van der Waals surface area contributed by atoms with Gasteiger partial charge in [-0.05, 0) is 65.8 Å². The van der Waals surface area contributed by atoms with E-state index < -0.39 is 6.10 Å². The molecule has 3 N–H and O–H groups in total. The van der Waals surface area contributed by atoms with E-state index in [1.807, 2.05) is 25.1 Å². The first-order chi connectivity index (χ1) is 13.7. The number of nitrogens with one attached hydrogen (secondary N) is 1. The summed E-state index contributed by atoms with van der Waals surface area (Å²) in [4.78, 5) is 15.0. The molecule has 0 bridgehead atoms. The molecule has 1 heterocycles. The Kier molecular flexibility index (Phi) is 5.21. The average Bonchev–Trinajstić information content (AvgIpc) is 3.02. The molecule has 1 amide bonds. The molecule has 2 aromatic rings.